The summed E-state index contributed by atoms with van der Waals surface area (Å²) in [6.07, 6.45) is 0.838. The zero-order valence-electron chi connectivity index (χ0n) is 6.14. The molecule has 0 atom stereocenters. The molecule has 1 aromatic rings. The second-order valence-electron chi connectivity index (χ2n) is 2.15. The van der Waals surface area contributed by atoms with Crippen LogP contribution in [0.5, 0.6) is 0 Å². The molecular weight excluding hydrogens is 180 g/mol. The molecule has 0 aliphatic heterocycles. The van der Waals surface area contributed by atoms with Crippen LogP contribution in [0.3, 0.4) is 0 Å². The minimum absolute atomic E-state index is 0.439. The summed E-state index contributed by atoms with van der Waals surface area (Å²) in [5.41, 5.74) is -2.21. The lowest BCUT2D eigenvalue weighted by Crippen LogP contribution is -2.24. The number of hydrogen-bond donors (Lipinski definition) is 1. The topological polar surface area (TPSA) is 116 Å². The maximum atomic E-state index is 10.7. The van der Waals surface area contributed by atoms with Crippen molar-refractivity contribution in [2.45, 2.75) is 0 Å². The highest BCUT2D eigenvalue weighted by atomic mass is 16.6. The molecule has 0 saturated heterocycles. The van der Waals surface area contributed by atoms with Gasteiger partial charge in [0.1, 0.15) is 0 Å². The lowest BCUT2D eigenvalue weighted by atomic mass is 10.3. The van der Waals surface area contributed by atoms with Crippen LogP contribution in [0.15, 0.2) is 17.1 Å². The molecule has 68 valence electrons. The summed E-state index contributed by atoms with van der Waals surface area (Å²) in [4.78, 5) is 32.1. The second kappa shape index (κ2) is 3.05. The van der Waals surface area contributed by atoms with Crippen molar-refractivity contribution in [2.24, 2.45) is 0 Å². The molecule has 7 heteroatoms. The van der Waals surface area contributed by atoms with Crippen molar-refractivity contribution in [2.75, 3.05) is 0 Å². The highest BCUT2D eigenvalue weighted by Gasteiger charge is 2.12. The summed E-state index contributed by atoms with van der Waals surface area (Å²) >= 11 is 0. The number of rotatable bonds is 2. The van der Waals surface area contributed by atoms with Crippen molar-refractivity contribution in [3.05, 3.63) is 38.3 Å². The van der Waals surface area contributed by atoms with Gasteiger partial charge < -0.3 is 14.9 Å². The predicted molar refractivity (Wildman–Crippen MR) is 38.0 cm³/mol. The van der Waals surface area contributed by atoms with Crippen LogP contribution in [0.25, 0.3) is 0 Å². The van der Waals surface area contributed by atoms with E-state index in [0.717, 1.165) is 6.20 Å². The van der Waals surface area contributed by atoms with Crippen LogP contribution in [-0.4, -0.2) is 15.9 Å². The van der Waals surface area contributed by atoms with Gasteiger partial charge in [0, 0.05) is 17.8 Å². The van der Waals surface area contributed by atoms with Crippen LogP contribution in [0.4, 0.5) is 5.69 Å². The molecule has 0 fully saturated rings. The van der Waals surface area contributed by atoms with Gasteiger partial charge in [-0.1, -0.05) is 0 Å². The summed E-state index contributed by atoms with van der Waals surface area (Å²) in [6.45, 7) is 0. The lowest BCUT2D eigenvalue weighted by molar-refractivity contribution is -0.386. The van der Waals surface area contributed by atoms with Gasteiger partial charge in [-0.2, -0.15) is 0 Å². The van der Waals surface area contributed by atoms with Crippen LogP contribution in [0.2, 0.25) is 0 Å². The maximum Gasteiger partial charge on any atom is 0.334 e. The molecule has 1 aromatic heterocycles. The van der Waals surface area contributed by atoms with E-state index in [0.29, 0.717) is 6.07 Å². The minimum Gasteiger partial charge on any atom is -0.545 e. The molecule has 0 unspecified atom stereocenters. The van der Waals surface area contributed by atoms with Crippen molar-refractivity contribution in [1.82, 2.24) is 4.98 Å². The fourth-order valence-electron chi connectivity index (χ4n) is 0.725. The maximum absolute atomic E-state index is 10.7. The highest BCUT2D eigenvalue weighted by Crippen LogP contribution is 2.04. The Bertz CT molecular complexity index is 421. The van der Waals surface area contributed by atoms with Crippen molar-refractivity contribution < 1.29 is 14.8 Å². The third kappa shape index (κ3) is 1.70. The Kier molecular flexibility index (Phi) is 2.09. The average molecular weight is 183 g/mol. The Morgan fingerprint density at radius 3 is 2.62 bits per heavy atom. The summed E-state index contributed by atoms with van der Waals surface area (Å²) in [5.74, 6) is -1.58. The monoisotopic (exact) mass is 183 g/mol. The van der Waals surface area contributed by atoms with Crippen molar-refractivity contribution >= 4 is 11.7 Å². The van der Waals surface area contributed by atoms with E-state index in [1.54, 1.807) is 0 Å². The van der Waals surface area contributed by atoms with Gasteiger partial charge in [0.15, 0.2) is 0 Å². The van der Waals surface area contributed by atoms with E-state index in [1.165, 1.54) is 0 Å². The minimum atomic E-state index is -1.58. The fourth-order valence-corrected chi connectivity index (χ4v) is 0.725. The third-order valence-corrected chi connectivity index (χ3v) is 1.32. The van der Waals surface area contributed by atoms with Crippen LogP contribution < -0.4 is 10.7 Å². The molecule has 7 nitrogen and oxygen atoms in total. The van der Waals surface area contributed by atoms with E-state index in [1.807, 2.05) is 4.98 Å². The van der Waals surface area contributed by atoms with Gasteiger partial charge in [-0.15, -0.1) is 0 Å². The molecule has 1 N–H and O–H groups in total. The van der Waals surface area contributed by atoms with E-state index in [9.17, 15) is 24.8 Å². The molecule has 0 aromatic carbocycles. The molecule has 0 bridgehead atoms. The van der Waals surface area contributed by atoms with Gasteiger partial charge in [0.2, 0.25) is 0 Å². The third-order valence-electron chi connectivity index (χ3n) is 1.32. The molecule has 0 radical (unpaired) electrons. The smallest absolute Gasteiger partial charge is 0.334 e. The Morgan fingerprint density at radius 1 is 1.54 bits per heavy atom. The zero-order chi connectivity index (χ0) is 10.0. The molecule has 13 heavy (non-hydrogen) atoms. The van der Waals surface area contributed by atoms with Gasteiger partial charge in [0.05, 0.1) is 10.9 Å². The number of nitrogens with one attached hydrogen (secondary N) is 1. The standard InChI is InChI=1S/C6H4N2O5/c9-5-4(8(12)13)1-3(2-7-5)6(10)11/h1-2H,(H,7,9)(H,10,11)/p-1. The molecular formula is C6H3N2O5-. The molecule has 0 spiro atoms. The van der Waals surface area contributed by atoms with Gasteiger partial charge >= 0.3 is 11.2 Å². The van der Waals surface area contributed by atoms with Crippen LogP contribution >= 0.6 is 0 Å². The summed E-state index contributed by atoms with van der Waals surface area (Å²) < 4.78 is 0. The number of carboxylic acids is 1. The summed E-state index contributed by atoms with van der Waals surface area (Å²) in [5, 5.41) is 20.4. The van der Waals surface area contributed by atoms with Crippen molar-refractivity contribution in [3.63, 3.8) is 0 Å². The average Bonchev–Trinajstić information content (AvgIpc) is 2.04. The number of H-pyrrole nitrogens is 1. The van der Waals surface area contributed by atoms with Gasteiger partial charge in [0.25, 0.3) is 0 Å². The second-order valence-corrected chi connectivity index (χ2v) is 2.15. The Hall–Kier alpha value is -2.18. The van der Waals surface area contributed by atoms with Crippen LogP contribution in [0, 0.1) is 10.1 Å². The first-order valence-corrected chi connectivity index (χ1v) is 3.11. The Morgan fingerprint density at radius 2 is 2.15 bits per heavy atom. The number of aromatic nitrogens is 1. The number of carbonyl (C=O) groups excluding carboxylic acids is 1. The lowest BCUT2D eigenvalue weighted by Gasteiger charge is -1.99. The Balaban J connectivity index is 3.35. The molecule has 1 rings (SSSR count). The Labute approximate surface area is 70.8 Å². The van der Waals surface area contributed by atoms with E-state index in [4.69, 9.17) is 0 Å². The van der Waals surface area contributed by atoms with Crippen LogP contribution in [0.1, 0.15) is 10.4 Å². The van der Waals surface area contributed by atoms with Gasteiger partial charge in [-0.3, -0.25) is 14.9 Å². The molecule has 0 aliphatic rings. The van der Waals surface area contributed by atoms with E-state index in [-0.39, 0.29) is 0 Å². The number of aromatic amines is 1. The van der Waals surface area contributed by atoms with Crippen molar-refractivity contribution in [3.8, 4) is 0 Å². The number of hydrogen-bond acceptors (Lipinski definition) is 5. The number of pyridine rings is 1. The molecule has 0 aliphatic carbocycles. The summed E-state index contributed by atoms with van der Waals surface area (Å²) in [6, 6.07) is 0.647. The fraction of sp³-hybridized carbons (Fsp3) is 0. The zero-order valence-corrected chi connectivity index (χ0v) is 6.14. The number of nitrogens with zero attached hydrogens (tertiary/aromatic N) is 1. The molecule has 0 saturated carbocycles. The van der Waals surface area contributed by atoms with Gasteiger partial charge in [-0.05, 0) is 0 Å². The number of nitro groups is 1. The quantitative estimate of drug-likeness (QED) is 0.449. The van der Waals surface area contributed by atoms with E-state index >= 15 is 0 Å². The SMILES string of the molecule is O=C([O-])c1c[nH]c(=O)c([N+](=O)[O-])c1. The van der Waals surface area contributed by atoms with Gasteiger partial charge in [-0.25, -0.2) is 0 Å². The van der Waals surface area contributed by atoms with Crippen molar-refractivity contribution in [1.29, 1.82) is 0 Å². The van der Waals surface area contributed by atoms with E-state index in [2.05, 4.69) is 0 Å². The van der Waals surface area contributed by atoms with E-state index < -0.39 is 27.7 Å². The normalized spacial score (nSPS) is 9.54. The molecule has 1 heterocycles. The predicted octanol–water partition coefficient (Wildman–Crippen LogP) is -1.35. The first-order chi connectivity index (χ1) is 6.02. The molecule has 0 amide bonds. The largest absolute Gasteiger partial charge is 0.545 e. The first kappa shape index (κ1) is 8.91. The number of aromatic carboxylic acids is 1. The number of carboxylic acid groups (broad SMARTS) is 1. The van der Waals surface area contributed by atoms with Crippen LogP contribution in [-0.2, 0) is 0 Å². The highest BCUT2D eigenvalue weighted by molar-refractivity contribution is 5.85. The summed E-state index contributed by atoms with van der Waals surface area (Å²) in [7, 11) is 0. The first-order valence-electron chi connectivity index (χ1n) is 3.11. The number of carbonyl (C=O) groups is 1.